The number of primary sulfonamides is 1. The molecular weight excluding hydrogens is 306 g/mol. The largest absolute Gasteiger partial charge is 0.366 e. The Morgan fingerprint density at radius 2 is 1.27 bits per heavy atom. The minimum Gasteiger partial charge on any atom is -0.366 e. The van der Waals surface area contributed by atoms with Gasteiger partial charge >= 0.3 is 0 Å². The summed E-state index contributed by atoms with van der Waals surface area (Å²) in [6, 6.07) is 9.79. The lowest BCUT2D eigenvalue weighted by Crippen LogP contribution is -2.18. The molecule has 2 aromatic rings. The van der Waals surface area contributed by atoms with Gasteiger partial charge in [-0.15, -0.1) is 0 Å². The summed E-state index contributed by atoms with van der Waals surface area (Å²) in [4.78, 5) is 23.0. The third kappa shape index (κ3) is 2.97. The topological polar surface area (TPSA) is 146 Å². The van der Waals surface area contributed by atoms with Crippen molar-refractivity contribution in [2.75, 3.05) is 0 Å². The van der Waals surface area contributed by atoms with Gasteiger partial charge in [-0.25, -0.2) is 13.6 Å². The molecule has 2 aromatic carbocycles. The molecule has 0 saturated heterocycles. The van der Waals surface area contributed by atoms with Gasteiger partial charge in [-0.05, 0) is 29.8 Å². The molecule has 0 radical (unpaired) electrons. The van der Waals surface area contributed by atoms with Gasteiger partial charge in [0.15, 0.2) is 0 Å². The fraction of sp³-hybridized carbons (Fsp3) is 0. The first-order valence-corrected chi connectivity index (χ1v) is 7.62. The predicted molar refractivity (Wildman–Crippen MR) is 80.3 cm³/mol. The first-order valence-electron chi connectivity index (χ1n) is 6.07. The summed E-state index contributed by atoms with van der Waals surface area (Å²) in [5.41, 5.74) is 11.5. The van der Waals surface area contributed by atoms with E-state index in [2.05, 4.69) is 0 Å². The number of carbonyl (C=O) groups is 2. The Bertz CT molecular complexity index is 826. The van der Waals surface area contributed by atoms with Gasteiger partial charge in [-0.3, -0.25) is 9.59 Å². The fourth-order valence-corrected chi connectivity index (χ4v) is 2.60. The Morgan fingerprint density at radius 3 is 1.64 bits per heavy atom. The summed E-state index contributed by atoms with van der Waals surface area (Å²) in [7, 11) is -3.84. The summed E-state index contributed by atoms with van der Waals surface area (Å²) in [5, 5.41) is 5.03. The lowest BCUT2D eigenvalue weighted by Gasteiger charge is -2.11. The van der Waals surface area contributed by atoms with Crippen molar-refractivity contribution >= 4 is 21.8 Å². The van der Waals surface area contributed by atoms with Crippen molar-refractivity contribution in [3.05, 3.63) is 53.6 Å². The molecule has 0 unspecified atom stereocenters. The predicted octanol–water partition coefficient (Wildman–Crippen LogP) is 0.199. The van der Waals surface area contributed by atoms with Crippen LogP contribution in [0.3, 0.4) is 0 Å². The zero-order valence-corrected chi connectivity index (χ0v) is 12.1. The molecule has 0 fully saturated rings. The van der Waals surface area contributed by atoms with Gasteiger partial charge in [-0.1, -0.05) is 18.2 Å². The second-order valence-electron chi connectivity index (χ2n) is 4.53. The van der Waals surface area contributed by atoms with Crippen LogP contribution in [0.25, 0.3) is 11.1 Å². The van der Waals surface area contributed by atoms with E-state index in [9.17, 15) is 18.0 Å². The smallest absolute Gasteiger partial charge is 0.249 e. The fourth-order valence-electron chi connectivity index (χ4n) is 2.09. The second-order valence-corrected chi connectivity index (χ2v) is 6.09. The molecule has 22 heavy (non-hydrogen) atoms. The van der Waals surface area contributed by atoms with Crippen LogP contribution in [0.2, 0.25) is 0 Å². The first-order chi connectivity index (χ1) is 10.2. The number of amides is 2. The van der Waals surface area contributed by atoms with E-state index in [-0.39, 0.29) is 21.6 Å². The number of hydrogen-bond acceptors (Lipinski definition) is 4. The van der Waals surface area contributed by atoms with Crippen molar-refractivity contribution in [3.63, 3.8) is 0 Å². The van der Waals surface area contributed by atoms with E-state index in [0.717, 1.165) is 0 Å². The van der Waals surface area contributed by atoms with E-state index < -0.39 is 21.8 Å². The van der Waals surface area contributed by atoms with E-state index in [0.29, 0.717) is 5.56 Å². The molecule has 0 atom stereocenters. The lowest BCUT2D eigenvalue weighted by molar-refractivity contribution is 0.0999. The molecule has 6 N–H and O–H groups in total. The first kappa shape index (κ1) is 15.7. The number of sulfonamides is 1. The number of primary amides is 2. The molecule has 7 nitrogen and oxygen atoms in total. The normalized spacial score (nSPS) is 11.1. The number of rotatable bonds is 4. The Balaban J connectivity index is 2.70. The van der Waals surface area contributed by atoms with Gasteiger partial charge in [0.2, 0.25) is 21.8 Å². The van der Waals surface area contributed by atoms with Crippen LogP contribution in [-0.4, -0.2) is 20.2 Å². The van der Waals surface area contributed by atoms with Crippen LogP contribution in [0.15, 0.2) is 47.4 Å². The maximum absolute atomic E-state index is 11.6. The summed E-state index contributed by atoms with van der Waals surface area (Å²) in [6.07, 6.45) is 0. The summed E-state index contributed by atoms with van der Waals surface area (Å²) < 4.78 is 22.5. The van der Waals surface area contributed by atoms with Crippen LogP contribution in [0.4, 0.5) is 0 Å². The monoisotopic (exact) mass is 319 g/mol. The molecule has 0 heterocycles. The average Bonchev–Trinajstić information content (AvgIpc) is 2.45. The van der Waals surface area contributed by atoms with Gasteiger partial charge in [0, 0.05) is 16.7 Å². The van der Waals surface area contributed by atoms with Crippen LogP contribution in [0.5, 0.6) is 0 Å². The number of benzene rings is 2. The van der Waals surface area contributed by atoms with Crippen LogP contribution in [-0.2, 0) is 10.0 Å². The molecule has 0 saturated carbocycles. The highest BCUT2D eigenvalue weighted by Gasteiger charge is 2.18. The standard InChI is InChI=1S/C14H13N3O4S/c15-13(18)10-2-1-3-11(14(16)19)12(10)8-4-6-9(7-5-8)22(17,20)21/h1-7H,(H2,15,18)(H2,16,19)(H2,17,20,21). The Hall–Kier alpha value is -2.71. The zero-order valence-electron chi connectivity index (χ0n) is 11.3. The van der Waals surface area contributed by atoms with Crippen LogP contribution in [0, 0.1) is 0 Å². The molecule has 0 aliphatic carbocycles. The third-order valence-corrected chi connectivity index (χ3v) is 4.00. The van der Waals surface area contributed by atoms with E-state index in [4.69, 9.17) is 16.6 Å². The minimum atomic E-state index is -3.84. The molecule has 2 rings (SSSR count). The maximum Gasteiger partial charge on any atom is 0.249 e. The molecule has 0 spiro atoms. The molecular formula is C14H13N3O4S. The Kier molecular flexibility index (Phi) is 3.98. The SMILES string of the molecule is NC(=O)c1cccc(C(N)=O)c1-c1ccc(S(N)(=O)=O)cc1. The van der Waals surface area contributed by atoms with Gasteiger partial charge in [0.25, 0.3) is 0 Å². The summed E-state index contributed by atoms with van der Waals surface area (Å²) in [5.74, 6) is -1.46. The molecule has 0 bridgehead atoms. The maximum atomic E-state index is 11.6. The van der Waals surface area contributed by atoms with E-state index in [1.807, 2.05) is 0 Å². The van der Waals surface area contributed by atoms with Crippen molar-refractivity contribution < 1.29 is 18.0 Å². The lowest BCUT2D eigenvalue weighted by atomic mass is 9.93. The van der Waals surface area contributed by atoms with Crippen LogP contribution in [0.1, 0.15) is 20.7 Å². The number of carbonyl (C=O) groups excluding carboxylic acids is 2. The Morgan fingerprint density at radius 1 is 0.818 bits per heavy atom. The van der Waals surface area contributed by atoms with Gasteiger partial charge < -0.3 is 11.5 Å². The highest BCUT2D eigenvalue weighted by Crippen LogP contribution is 2.28. The third-order valence-electron chi connectivity index (χ3n) is 3.07. The Labute approximate surface area is 126 Å². The van der Waals surface area contributed by atoms with Crippen LogP contribution >= 0.6 is 0 Å². The molecule has 2 amide bonds. The molecule has 8 heteroatoms. The highest BCUT2D eigenvalue weighted by atomic mass is 32.2. The second kappa shape index (κ2) is 5.58. The number of nitrogens with two attached hydrogens (primary N) is 3. The quantitative estimate of drug-likeness (QED) is 0.738. The number of hydrogen-bond donors (Lipinski definition) is 3. The minimum absolute atomic E-state index is 0.0894. The van der Waals surface area contributed by atoms with E-state index >= 15 is 0 Å². The molecule has 0 aromatic heterocycles. The van der Waals surface area contributed by atoms with Gasteiger partial charge in [0.05, 0.1) is 4.90 Å². The molecule has 0 aliphatic rings. The molecule has 0 aliphatic heterocycles. The zero-order chi connectivity index (χ0) is 16.5. The van der Waals surface area contributed by atoms with Crippen molar-refractivity contribution in [3.8, 4) is 11.1 Å². The van der Waals surface area contributed by atoms with Crippen molar-refractivity contribution in [1.29, 1.82) is 0 Å². The van der Waals surface area contributed by atoms with Gasteiger partial charge in [-0.2, -0.15) is 0 Å². The van der Waals surface area contributed by atoms with Crippen molar-refractivity contribution in [2.45, 2.75) is 4.90 Å². The summed E-state index contributed by atoms with van der Waals surface area (Å²) >= 11 is 0. The van der Waals surface area contributed by atoms with Gasteiger partial charge in [0.1, 0.15) is 0 Å². The molecule has 114 valence electrons. The van der Waals surface area contributed by atoms with E-state index in [1.165, 1.54) is 42.5 Å². The average molecular weight is 319 g/mol. The van der Waals surface area contributed by atoms with Crippen molar-refractivity contribution in [1.82, 2.24) is 0 Å². The van der Waals surface area contributed by atoms with Crippen LogP contribution < -0.4 is 16.6 Å². The van der Waals surface area contributed by atoms with Crippen molar-refractivity contribution in [2.24, 2.45) is 16.6 Å². The van der Waals surface area contributed by atoms with E-state index in [1.54, 1.807) is 0 Å². The summed E-state index contributed by atoms with van der Waals surface area (Å²) in [6.45, 7) is 0. The highest BCUT2D eigenvalue weighted by molar-refractivity contribution is 7.89.